The van der Waals surface area contributed by atoms with Crippen molar-refractivity contribution in [3.63, 3.8) is 0 Å². The Bertz CT molecular complexity index is 836. The predicted molar refractivity (Wildman–Crippen MR) is 114 cm³/mol. The van der Waals surface area contributed by atoms with E-state index < -0.39 is 0 Å². The zero-order valence-corrected chi connectivity index (χ0v) is 16.6. The summed E-state index contributed by atoms with van der Waals surface area (Å²) in [5, 5.41) is 3.18. The van der Waals surface area contributed by atoms with Gasteiger partial charge in [-0.3, -0.25) is 9.69 Å². The Labute approximate surface area is 168 Å². The Hall–Kier alpha value is -2.13. The molecule has 2 aromatic carbocycles. The number of amides is 1. The van der Waals surface area contributed by atoms with Crippen LogP contribution in [0.4, 0.5) is 5.69 Å². The standard InChI is InChI=1S/C25H30N2O/c28-25(26-22-14-12-19(13-15-22)18-8-9-18)24-7-3-4-16-27(24)17-21-5-1-2-6-23(21)20-10-11-20/h1-2,5-6,12-15,18,20,24H,3-4,7-11,16-17H2,(H,26,28)/t24-/m1/s1. The van der Waals surface area contributed by atoms with Gasteiger partial charge in [0.15, 0.2) is 0 Å². The van der Waals surface area contributed by atoms with Crippen molar-refractivity contribution in [3.8, 4) is 0 Å². The zero-order chi connectivity index (χ0) is 18.9. The van der Waals surface area contributed by atoms with E-state index in [1.54, 1.807) is 0 Å². The molecule has 2 aromatic rings. The van der Waals surface area contributed by atoms with Crippen LogP contribution in [0, 0.1) is 0 Å². The van der Waals surface area contributed by atoms with Crippen molar-refractivity contribution in [3.05, 3.63) is 65.2 Å². The highest BCUT2D eigenvalue weighted by Gasteiger charge is 2.31. The van der Waals surface area contributed by atoms with Crippen molar-refractivity contribution < 1.29 is 4.79 Å². The number of rotatable bonds is 6. The first-order valence-corrected chi connectivity index (χ1v) is 11.0. The van der Waals surface area contributed by atoms with Gasteiger partial charge in [-0.25, -0.2) is 0 Å². The maximum Gasteiger partial charge on any atom is 0.241 e. The molecule has 3 heteroatoms. The molecule has 0 radical (unpaired) electrons. The van der Waals surface area contributed by atoms with E-state index >= 15 is 0 Å². The monoisotopic (exact) mass is 374 g/mol. The fourth-order valence-corrected chi connectivity index (χ4v) is 4.65. The molecule has 1 amide bonds. The smallest absolute Gasteiger partial charge is 0.241 e. The molecule has 1 heterocycles. The molecule has 2 aliphatic carbocycles. The van der Waals surface area contributed by atoms with Crippen LogP contribution in [0.25, 0.3) is 0 Å². The van der Waals surface area contributed by atoms with Gasteiger partial charge in [0.25, 0.3) is 0 Å². The lowest BCUT2D eigenvalue weighted by molar-refractivity contribution is -0.122. The van der Waals surface area contributed by atoms with Crippen LogP contribution >= 0.6 is 0 Å². The van der Waals surface area contributed by atoms with Gasteiger partial charge in [0.2, 0.25) is 5.91 Å². The third kappa shape index (κ3) is 4.00. The molecule has 2 saturated carbocycles. The maximum absolute atomic E-state index is 13.1. The molecule has 28 heavy (non-hydrogen) atoms. The van der Waals surface area contributed by atoms with Crippen LogP contribution in [0.2, 0.25) is 0 Å². The van der Waals surface area contributed by atoms with Gasteiger partial charge in [0, 0.05) is 12.2 Å². The Morgan fingerprint density at radius 3 is 2.39 bits per heavy atom. The molecule has 1 saturated heterocycles. The Morgan fingerprint density at radius 1 is 0.893 bits per heavy atom. The van der Waals surface area contributed by atoms with Gasteiger partial charge in [-0.05, 0) is 85.7 Å². The second-order valence-corrected chi connectivity index (χ2v) is 8.84. The highest BCUT2D eigenvalue weighted by Crippen LogP contribution is 2.42. The quantitative estimate of drug-likeness (QED) is 0.731. The van der Waals surface area contributed by atoms with E-state index in [0.717, 1.165) is 43.5 Å². The second kappa shape index (κ2) is 7.71. The molecule has 3 aliphatic rings. The van der Waals surface area contributed by atoms with Gasteiger partial charge < -0.3 is 5.32 Å². The van der Waals surface area contributed by atoms with Gasteiger partial charge in [0.1, 0.15) is 0 Å². The van der Waals surface area contributed by atoms with E-state index in [-0.39, 0.29) is 11.9 Å². The number of nitrogens with zero attached hydrogens (tertiary/aromatic N) is 1. The topological polar surface area (TPSA) is 32.3 Å². The summed E-state index contributed by atoms with van der Waals surface area (Å²) in [6, 6.07) is 17.3. The minimum Gasteiger partial charge on any atom is -0.325 e. The van der Waals surface area contributed by atoms with E-state index in [1.807, 2.05) is 0 Å². The summed E-state index contributed by atoms with van der Waals surface area (Å²) >= 11 is 0. The van der Waals surface area contributed by atoms with E-state index in [2.05, 4.69) is 58.7 Å². The number of nitrogens with one attached hydrogen (secondary N) is 1. The first-order chi connectivity index (χ1) is 13.8. The SMILES string of the molecule is O=C(Nc1ccc(C2CC2)cc1)[C@H]1CCCCN1Cc1ccccc1C1CC1. The van der Waals surface area contributed by atoms with E-state index in [1.165, 1.54) is 48.8 Å². The lowest BCUT2D eigenvalue weighted by atomic mass is 9.97. The highest BCUT2D eigenvalue weighted by molar-refractivity contribution is 5.94. The summed E-state index contributed by atoms with van der Waals surface area (Å²) in [6.45, 7) is 1.91. The number of hydrogen-bond acceptors (Lipinski definition) is 2. The van der Waals surface area contributed by atoms with Crippen LogP contribution in [-0.4, -0.2) is 23.4 Å². The van der Waals surface area contributed by atoms with E-state index in [0.29, 0.717) is 0 Å². The molecule has 1 N–H and O–H groups in total. The third-order valence-corrected chi connectivity index (χ3v) is 6.59. The van der Waals surface area contributed by atoms with Crippen LogP contribution in [-0.2, 0) is 11.3 Å². The first-order valence-electron chi connectivity index (χ1n) is 11.0. The average molecular weight is 375 g/mol. The van der Waals surface area contributed by atoms with E-state index in [4.69, 9.17) is 0 Å². The molecule has 0 spiro atoms. The molecule has 3 fully saturated rings. The molecular weight excluding hydrogens is 344 g/mol. The lowest BCUT2D eigenvalue weighted by Crippen LogP contribution is -2.46. The second-order valence-electron chi connectivity index (χ2n) is 8.84. The van der Waals surface area contributed by atoms with Gasteiger partial charge in [-0.1, -0.05) is 42.8 Å². The van der Waals surface area contributed by atoms with Crippen molar-refractivity contribution in [2.24, 2.45) is 0 Å². The number of likely N-dealkylation sites (tertiary alicyclic amines) is 1. The molecule has 1 atom stereocenters. The van der Waals surface area contributed by atoms with Crippen molar-refractivity contribution in [1.82, 2.24) is 4.90 Å². The van der Waals surface area contributed by atoms with Gasteiger partial charge in [-0.15, -0.1) is 0 Å². The van der Waals surface area contributed by atoms with E-state index in [9.17, 15) is 4.79 Å². The summed E-state index contributed by atoms with van der Waals surface area (Å²) in [4.78, 5) is 15.5. The minimum absolute atomic E-state index is 0.0240. The predicted octanol–water partition coefficient (Wildman–Crippen LogP) is 5.43. The van der Waals surface area contributed by atoms with Crippen molar-refractivity contribution in [1.29, 1.82) is 0 Å². The summed E-state index contributed by atoms with van der Waals surface area (Å²) in [6.07, 6.45) is 8.54. The van der Waals surface area contributed by atoms with Crippen molar-refractivity contribution >= 4 is 11.6 Å². The maximum atomic E-state index is 13.1. The van der Waals surface area contributed by atoms with Crippen LogP contribution in [0.15, 0.2) is 48.5 Å². The van der Waals surface area contributed by atoms with Gasteiger partial charge in [0.05, 0.1) is 6.04 Å². The number of anilines is 1. The number of piperidine rings is 1. The van der Waals surface area contributed by atoms with Crippen LogP contribution in [0.3, 0.4) is 0 Å². The molecule has 0 bridgehead atoms. The van der Waals surface area contributed by atoms with Crippen molar-refractivity contribution in [2.75, 3.05) is 11.9 Å². The summed E-state index contributed by atoms with van der Waals surface area (Å²) in [5.41, 5.74) is 5.26. The average Bonchev–Trinajstić information content (AvgIpc) is 3.63. The molecule has 0 aromatic heterocycles. The molecule has 146 valence electrons. The number of carbonyl (C=O) groups excluding carboxylic acids is 1. The Morgan fingerprint density at radius 2 is 1.64 bits per heavy atom. The van der Waals surface area contributed by atoms with Gasteiger partial charge >= 0.3 is 0 Å². The highest BCUT2D eigenvalue weighted by atomic mass is 16.2. The minimum atomic E-state index is -0.0240. The molecular formula is C25H30N2O. The molecule has 0 unspecified atom stereocenters. The lowest BCUT2D eigenvalue weighted by Gasteiger charge is -2.35. The Balaban J connectivity index is 1.27. The number of benzene rings is 2. The summed E-state index contributed by atoms with van der Waals surface area (Å²) in [5.74, 6) is 1.66. The van der Waals surface area contributed by atoms with Crippen LogP contribution in [0.5, 0.6) is 0 Å². The van der Waals surface area contributed by atoms with Crippen LogP contribution < -0.4 is 5.32 Å². The fraction of sp³-hybridized carbons (Fsp3) is 0.480. The van der Waals surface area contributed by atoms with Crippen molar-refractivity contribution in [2.45, 2.75) is 69.4 Å². The zero-order valence-electron chi connectivity index (χ0n) is 16.6. The largest absolute Gasteiger partial charge is 0.325 e. The third-order valence-electron chi connectivity index (χ3n) is 6.59. The summed E-state index contributed by atoms with van der Waals surface area (Å²) in [7, 11) is 0. The number of carbonyl (C=O) groups is 1. The summed E-state index contributed by atoms with van der Waals surface area (Å²) < 4.78 is 0. The Kier molecular flexibility index (Phi) is 4.94. The molecule has 1 aliphatic heterocycles. The van der Waals surface area contributed by atoms with Gasteiger partial charge in [-0.2, -0.15) is 0 Å². The molecule has 3 nitrogen and oxygen atoms in total. The van der Waals surface area contributed by atoms with Crippen LogP contribution in [0.1, 0.15) is 73.5 Å². The fourth-order valence-electron chi connectivity index (χ4n) is 4.65. The first kappa shape index (κ1) is 17.9. The molecule has 5 rings (SSSR count). The normalized spacial score (nSPS) is 22.8. The number of hydrogen-bond donors (Lipinski definition) is 1.